The van der Waals surface area contributed by atoms with Gasteiger partial charge in [-0.3, -0.25) is 4.79 Å². The van der Waals surface area contributed by atoms with Gasteiger partial charge in [-0.1, -0.05) is 35.0 Å². The number of benzene rings is 1. The Balaban J connectivity index is 2.67. The molecule has 0 saturated carbocycles. The van der Waals surface area contributed by atoms with Crippen molar-refractivity contribution in [3.8, 4) is 0 Å². The van der Waals surface area contributed by atoms with E-state index in [1.54, 1.807) is 37.3 Å². The molecule has 1 aromatic rings. The first-order chi connectivity index (χ1) is 9.08. The quantitative estimate of drug-likeness (QED) is 0.479. The first-order valence-electron chi connectivity index (χ1n) is 6.05. The van der Waals surface area contributed by atoms with E-state index in [-0.39, 0.29) is 18.1 Å². The van der Waals surface area contributed by atoms with Crippen LogP contribution in [0.1, 0.15) is 30.6 Å². The van der Waals surface area contributed by atoms with Crippen molar-refractivity contribution in [3.05, 3.63) is 58.0 Å². The molecule has 0 radical (unpaired) electrons. The Hall–Kier alpha value is -1.55. The summed E-state index contributed by atoms with van der Waals surface area (Å²) >= 11 is 3.31. The maximum absolute atomic E-state index is 11.9. The van der Waals surface area contributed by atoms with Crippen molar-refractivity contribution in [2.45, 2.75) is 20.3 Å². The van der Waals surface area contributed by atoms with Gasteiger partial charge in [0.25, 0.3) is 0 Å². The predicted molar refractivity (Wildman–Crippen MR) is 79.2 cm³/mol. The lowest BCUT2D eigenvalue weighted by Crippen LogP contribution is -2.10. The van der Waals surface area contributed by atoms with E-state index in [2.05, 4.69) is 15.9 Å². The number of ketones is 1. The minimum Gasteiger partial charge on any atom is -0.504 e. The van der Waals surface area contributed by atoms with Gasteiger partial charge in [-0.05, 0) is 37.6 Å². The molecule has 0 fully saturated rings. The fourth-order valence-electron chi connectivity index (χ4n) is 1.43. The molecule has 19 heavy (non-hydrogen) atoms. The van der Waals surface area contributed by atoms with Crippen LogP contribution >= 0.6 is 15.9 Å². The monoisotopic (exact) mass is 324 g/mol. The third-order valence-corrected chi connectivity index (χ3v) is 2.97. The number of hydrogen-bond donors (Lipinski definition) is 1. The minimum absolute atomic E-state index is 0.0467. The topological polar surface area (TPSA) is 46.5 Å². The number of ether oxygens (including phenoxy) is 1. The molecule has 0 aliphatic heterocycles. The molecule has 0 unspecified atom stereocenters. The van der Waals surface area contributed by atoms with Gasteiger partial charge in [-0.15, -0.1) is 0 Å². The predicted octanol–water partition coefficient (Wildman–Crippen LogP) is 4.40. The van der Waals surface area contributed by atoms with Crippen molar-refractivity contribution in [2.24, 2.45) is 0 Å². The molecule has 102 valence electrons. The van der Waals surface area contributed by atoms with Crippen LogP contribution in [-0.2, 0) is 4.74 Å². The summed E-state index contributed by atoms with van der Waals surface area (Å²) in [5.41, 5.74) is 0.582. The number of allylic oxidation sites excluding steroid dienone is 2. The first-order valence-corrected chi connectivity index (χ1v) is 6.85. The summed E-state index contributed by atoms with van der Waals surface area (Å²) in [4.78, 5) is 11.9. The number of hydrogen-bond acceptors (Lipinski definition) is 3. The van der Waals surface area contributed by atoms with Crippen LogP contribution in [0.4, 0.5) is 0 Å². The lowest BCUT2D eigenvalue weighted by molar-refractivity contribution is 0.0854. The Morgan fingerprint density at radius 1 is 1.37 bits per heavy atom. The summed E-state index contributed by atoms with van der Waals surface area (Å²) in [7, 11) is 0. The zero-order chi connectivity index (χ0) is 14.3. The van der Waals surface area contributed by atoms with Crippen LogP contribution in [0, 0.1) is 0 Å². The maximum atomic E-state index is 11.9. The van der Waals surface area contributed by atoms with E-state index in [9.17, 15) is 9.90 Å². The van der Waals surface area contributed by atoms with Gasteiger partial charge >= 0.3 is 0 Å². The Labute approximate surface area is 121 Å². The smallest absolute Gasteiger partial charge is 0.200 e. The lowest BCUT2D eigenvalue weighted by Gasteiger charge is -2.09. The summed E-state index contributed by atoms with van der Waals surface area (Å²) in [6.07, 6.45) is 4.00. The normalized spacial score (nSPS) is 12.4. The maximum Gasteiger partial charge on any atom is 0.200 e. The number of aliphatic hydroxyl groups excluding tert-OH is 1. The molecule has 1 N–H and O–H groups in total. The van der Waals surface area contributed by atoms with Gasteiger partial charge in [-0.25, -0.2) is 0 Å². The van der Waals surface area contributed by atoms with Crippen LogP contribution in [0.3, 0.4) is 0 Å². The second kappa shape index (κ2) is 7.79. The van der Waals surface area contributed by atoms with Gasteiger partial charge in [0.1, 0.15) is 0 Å². The van der Waals surface area contributed by atoms with E-state index in [1.165, 1.54) is 6.08 Å². The van der Waals surface area contributed by atoms with Crippen LogP contribution in [0.2, 0.25) is 0 Å². The van der Waals surface area contributed by atoms with Gasteiger partial charge in [0.05, 0.1) is 0 Å². The largest absolute Gasteiger partial charge is 0.504 e. The first kappa shape index (κ1) is 15.5. The third-order valence-electron chi connectivity index (χ3n) is 2.44. The number of carbonyl (C=O) groups is 1. The van der Waals surface area contributed by atoms with Crippen molar-refractivity contribution in [2.75, 3.05) is 6.61 Å². The van der Waals surface area contributed by atoms with E-state index in [4.69, 9.17) is 4.74 Å². The second-order valence-electron chi connectivity index (χ2n) is 3.87. The third kappa shape index (κ3) is 4.91. The molecular weight excluding hydrogens is 308 g/mol. The Morgan fingerprint density at radius 2 is 2.00 bits per heavy atom. The molecule has 0 atom stereocenters. The number of carbonyl (C=O) groups excluding carboxylic acids is 1. The Kier molecular flexibility index (Phi) is 6.36. The summed E-state index contributed by atoms with van der Waals surface area (Å²) in [5.74, 6) is 0.263. The highest BCUT2D eigenvalue weighted by atomic mass is 79.9. The van der Waals surface area contributed by atoms with Crippen molar-refractivity contribution in [1.29, 1.82) is 0 Å². The SMILES string of the molecule is C/C=C(O)\C(=C/CC)OCC(=O)c1ccc(Br)cc1. The molecule has 0 saturated heterocycles. The molecule has 0 aliphatic rings. The molecule has 0 heterocycles. The van der Waals surface area contributed by atoms with E-state index >= 15 is 0 Å². The van der Waals surface area contributed by atoms with Crippen LogP contribution in [0.25, 0.3) is 0 Å². The van der Waals surface area contributed by atoms with E-state index in [0.717, 1.165) is 10.9 Å². The molecule has 1 rings (SSSR count). The van der Waals surface area contributed by atoms with Crippen LogP contribution in [0.5, 0.6) is 0 Å². The van der Waals surface area contributed by atoms with Crippen molar-refractivity contribution >= 4 is 21.7 Å². The summed E-state index contributed by atoms with van der Waals surface area (Å²) < 4.78 is 6.28. The zero-order valence-electron chi connectivity index (χ0n) is 11.0. The summed E-state index contributed by atoms with van der Waals surface area (Å²) in [6.45, 7) is 3.55. The van der Waals surface area contributed by atoms with Gasteiger partial charge in [0.15, 0.2) is 23.9 Å². The molecule has 0 aliphatic carbocycles. The van der Waals surface area contributed by atoms with Gasteiger partial charge in [0, 0.05) is 10.0 Å². The van der Waals surface area contributed by atoms with Crippen LogP contribution in [0.15, 0.2) is 52.4 Å². The second-order valence-corrected chi connectivity index (χ2v) is 4.78. The average molecular weight is 325 g/mol. The fourth-order valence-corrected chi connectivity index (χ4v) is 1.69. The highest BCUT2D eigenvalue weighted by Crippen LogP contribution is 2.13. The van der Waals surface area contributed by atoms with E-state index < -0.39 is 0 Å². The molecule has 0 amide bonds. The molecule has 0 spiro atoms. The van der Waals surface area contributed by atoms with Crippen LogP contribution in [-0.4, -0.2) is 17.5 Å². The average Bonchev–Trinajstić information content (AvgIpc) is 2.43. The van der Waals surface area contributed by atoms with Crippen LogP contribution < -0.4 is 0 Å². The standard InChI is InChI=1S/C15H17BrO3/c1-3-5-15(13(17)4-2)19-10-14(18)11-6-8-12(16)9-7-11/h4-9,17H,3,10H2,1-2H3/b13-4+,15-5+. The number of rotatable bonds is 6. The summed E-state index contributed by atoms with van der Waals surface area (Å²) in [5, 5.41) is 9.62. The molecule has 1 aromatic carbocycles. The van der Waals surface area contributed by atoms with E-state index in [1.807, 2.05) is 6.92 Å². The number of halogens is 1. The summed E-state index contributed by atoms with van der Waals surface area (Å²) in [6, 6.07) is 7.07. The zero-order valence-corrected chi connectivity index (χ0v) is 12.6. The van der Waals surface area contributed by atoms with Crippen molar-refractivity contribution < 1.29 is 14.6 Å². The van der Waals surface area contributed by atoms with Gasteiger partial charge in [-0.2, -0.15) is 0 Å². The van der Waals surface area contributed by atoms with E-state index in [0.29, 0.717) is 11.3 Å². The lowest BCUT2D eigenvalue weighted by atomic mass is 10.1. The van der Waals surface area contributed by atoms with Crippen molar-refractivity contribution in [1.82, 2.24) is 0 Å². The molecular formula is C15H17BrO3. The Morgan fingerprint density at radius 3 is 2.53 bits per heavy atom. The highest BCUT2D eigenvalue weighted by molar-refractivity contribution is 9.10. The Bertz CT molecular complexity index is 487. The highest BCUT2D eigenvalue weighted by Gasteiger charge is 2.09. The number of aliphatic hydroxyl groups is 1. The van der Waals surface area contributed by atoms with Gasteiger partial charge < -0.3 is 9.84 Å². The fraction of sp³-hybridized carbons (Fsp3) is 0.267. The molecule has 3 nitrogen and oxygen atoms in total. The minimum atomic E-state index is -0.126. The molecule has 0 aromatic heterocycles. The molecule has 4 heteroatoms. The molecule has 0 bridgehead atoms. The van der Waals surface area contributed by atoms with Crippen molar-refractivity contribution in [3.63, 3.8) is 0 Å². The van der Waals surface area contributed by atoms with Gasteiger partial charge in [0.2, 0.25) is 0 Å². The number of Topliss-reactive ketones (excluding diaryl/α,β-unsaturated/α-hetero) is 1.